The number of rotatable bonds is 5. The van der Waals surface area contributed by atoms with Crippen molar-refractivity contribution in [3.8, 4) is 16.9 Å². The molecule has 0 bridgehead atoms. The van der Waals surface area contributed by atoms with Gasteiger partial charge in [-0.2, -0.15) is 0 Å². The average Bonchev–Trinajstić information content (AvgIpc) is 2.63. The molecule has 0 unspecified atom stereocenters. The largest absolute Gasteiger partial charge is 0.493 e. The Morgan fingerprint density at radius 3 is 2.13 bits per heavy atom. The number of ketones is 1. The quantitative estimate of drug-likeness (QED) is 0.621. The summed E-state index contributed by atoms with van der Waals surface area (Å²) in [4.78, 5) is 12.9. The van der Waals surface area contributed by atoms with Crippen molar-refractivity contribution >= 4 is 5.78 Å². The first-order valence-corrected chi connectivity index (χ1v) is 7.72. The van der Waals surface area contributed by atoms with Crippen molar-refractivity contribution in [3.63, 3.8) is 0 Å². The number of hydrogen-bond donors (Lipinski definition) is 0. The number of carbonyl (C=O) groups excluding carboxylic acids is 1. The van der Waals surface area contributed by atoms with Gasteiger partial charge in [0, 0.05) is 16.7 Å². The molecule has 0 atom stereocenters. The zero-order valence-electron chi connectivity index (χ0n) is 13.0. The van der Waals surface area contributed by atoms with Crippen LogP contribution in [0.1, 0.15) is 22.8 Å². The van der Waals surface area contributed by atoms with Gasteiger partial charge in [0.05, 0.1) is 6.61 Å². The van der Waals surface area contributed by atoms with Gasteiger partial charge in [-0.25, -0.2) is 0 Å². The third kappa shape index (κ3) is 3.16. The standard InChI is InChI=1S/C21H18O2/c1-2-23-20-15-9-8-13-18(20)17-12-6-7-14-19(17)21(22)16-10-4-3-5-11-16/h3-15H,2H2,1H3. The molecule has 114 valence electrons. The van der Waals surface area contributed by atoms with Gasteiger partial charge in [0.25, 0.3) is 0 Å². The smallest absolute Gasteiger partial charge is 0.193 e. The topological polar surface area (TPSA) is 26.3 Å². The molecule has 0 spiro atoms. The minimum Gasteiger partial charge on any atom is -0.493 e. The molecule has 0 fully saturated rings. The summed E-state index contributed by atoms with van der Waals surface area (Å²) in [6.07, 6.45) is 0. The molecule has 3 aromatic rings. The molecular weight excluding hydrogens is 284 g/mol. The van der Waals surface area contributed by atoms with Gasteiger partial charge >= 0.3 is 0 Å². The van der Waals surface area contributed by atoms with Crippen LogP contribution in [0.3, 0.4) is 0 Å². The van der Waals surface area contributed by atoms with Gasteiger partial charge in [-0.05, 0) is 18.6 Å². The van der Waals surface area contributed by atoms with Gasteiger partial charge in [0.1, 0.15) is 5.75 Å². The minimum atomic E-state index is 0.0208. The van der Waals surface area contributed by atoms with Crippen LogP contribution in [0.2, 0.25) is 0 Å². The SMILES string of the molecule is CCOc1ccccc1-c1ccccc1C(=O)c1ccccc1. The molecule has 0 aliphatic heterocycles. The van der Waals surface area contributed by atoms with Gasteiger partial charge in [-0.3, -0.25) is 4.79 Å². The van der Waals surface area contributed by atoms with Crippen LogP contribution in [0.15, 0.2) is 78.9 Å². The Balaban J connectivity index is 2.11. The van der Waals surface area contributed by atoms with Crippen molar-refractivity contribution in [2.24, 2.45) is 0 Å². The molecule has 3 rings (SSSR count). The van der Waals surface area contributed by atoms with Crippen LogP contribution >= 0.6 is 0 Å². The monoisotopic (exact) mass is 302 g/mol. The fourth-order valence-corrected chi connectivity index (χ4v) is 2.63. The highest BCUT2D eigenvalue weighted by Crippen LogP contribution is 2.33. The maximum Gasteiger partial charge on any atom is 0.193 e. The second-order valence-corrected chi connectivity index (χ2v) is 5.17. The molecule has 0 heterocycles. The molecule has 0 aliphatic rings. The third-order valence-corrected chi connectivity index (χ3v) is 3.68. The highest BCUT2D eigenvalue weighted by atomic mass is 16.5. The summed E-state index contributed by atoms with van der Waals surface area (Å²) in [6.45, 7) is 2.55. The predicted octanol–water partition coefficient (Wildman–Crippen LogP) is 4.98. The Kier molecular flexibility index (Phi) is 4.53. The highest BCUT2D eigenvalue weighted by Gasteiger charge is 2.16. The van der Waals surface area contributed by atoms with Crippen molar-refractivity contribution in [2.45, 2.75) is 6.92 Å². The molecule has 0 N–H and O–H groups in total. The third-order valence-electron chi connectivity index (χ3n) is 3.68. The van der Waals surface area contributed by atoms with Crippen LogP contribution < -0.4 is 4.74 Å². The fraction of sp³-hybridized carbons (Fsp3) is 0.0952. The Bertz CT molecular complexity index is 807. The van der Waals surface area contributed by atoms with Crippen LogP contribution in [-0.4, -0.2) is 12.4 Å². The first-order valence-electron chi connectivity index (χ1n) is 7.72. The van der Waals surface area contributed by atoms with Crippen molar-refractivity contribution in [3.05, 3.63) is 90.0 Å². The number of carbonyl (C=O) groups is 1. The van der Waals surface area contributed by atoms with E-state index in [9.17, 15) is 4.79 Å². The molecule has 23 heavy (non-hydrogen) atoms. The van der Waals surface area contributed by atoms with Crippen LogP contribution in [0.4, 0.5) is 0 Å². The van der Waals surface area contributed by atoms with E-state index < -0.39 is 0 Å². The van der Waals surface area contributed by atoms with Gasteiger partial charge in [0.15, 0.2) is 5.78 Å². The molecule has 0 aliphatic carbocycles. The minimum absolute atomic E-state index is 0.0208. The van der Waals surface area contributed by atoms with Crippen LogP contribution in [-0.2, 0) is 0 Å². The molecule has 0 aromatic heterocycles. The molecule has 2 heteroatoms. The van der Waals surface area contributed by atoms with Crippen LogP contribution in [0.5, 0.6) is 5.75 Å². The fourth-order valence-electron chi connectivity index (χ4n) is 2.63. The Morgan fingerprint density at radius 2 is 1.39 bits per heavy atom. The molecule has 0 amide bonds. The van der Waals surface area contributed by atoms with E-state index in [2.05, 4.69) is 0 Å². The van der Waals surface area contributed by atoms with Crippen molar-refractivity contribution in [2.75, 3.05) is 6.61 Å². The van der Waals surface area contributed by atoms with Gasteiger partial charge < -0.3 is 4.74 Å². The average molecular weight is 302 g/mol. The molecule has 3 aromatic carbocycles. The zero-order valence-corrected chi connectivity index (χ0v) is 13.0. The van der Waals surface area contributed by atoms with Gasteiger partial charge in [-0.15, -0.1) is 0 Å². The number of hydrogen-bond acceptors (Lipinski definition) is 2. The van der Waals surface area contributed by atoms with E-state index in [1.807, 2.05) is 85.8 Å². The zero-order chi connectivity index (χ0) is 16.1. The lowest BCUT2D eigenvalue weighted by molar-refractivity contribution is 0.103. The summed E-state index contributed by atoms with van der Waals surface area (Å²) in [5.41, 5.74) is 3.21. The maximum absolute atomic E-state index is 12.9. The second-order valence-electron chi connectivity index (χ2n) is 5.17. The molecule has 0 radical (unpaired) electrons. The Labute approximate surface area is 136 Å². The summed E-state index contributed by atoms with van der Waals surface area (Å²) in [5, 5.41) is 0. The summed E-state index contributed by atoms with van der Waals surface area (Å²) in [6, 6.07) is 24.8. The molecule has 0 saturated carbocycles. The van der Waals surface area contributed by atoms with Crippen molar-refractivity contribution < 1.29 is 9.53 Å². The van der Waals surface area contributed by atoms with E-state index in [4.69, 9.17) is 4.74 Å². The summed E-state index contributed by atoms with van der Waals surface area (Å²) >= 11 is 0. The lowest BCUT2D eigenvalue weighted by atomic mass is 9.93. The van der Waals surface area contributed by atoms with Gasteiger partial charge in [-0.1, -0.05) is 72.8 Å². The van der Waals surface area contributed by atoms with Crippen molar-refractivity contribution in [1.29, 1.82) is 0 Å². The lowest BCUT2D eigenvalue weighted by Gasteiger charge is -2.13. The van der Waals surface area contributed by atoms with E-state index in [0.29, 0.717) is 17.7 Å². The van der Waals surface area contributed by atoms with E-state index in [1.54, 1.807) is 0 Å². The maximum atomic E-state index is 12.9. The summed E-state index contributed by atoms with van der Waals surface area (Å²) in [7, 11) is 0. The first-order chi connectivity index (χ1) is 11.3. The van der Waals surface area contributed by atoms with Crippen LogP contribution in [0, 0.1) is 0 Å². The van der Waals surface area contributed by atoms with Gasteiger partial charge in [0.2, 0.25) is 0 Å². The predicted molar refractivity (Wildman–Crippen MR) is 92.9 cm³/mol. The Hall–Kier alpha value is -2.87. The normalized spacial score (nSPS) is 10.3. The summed E-state index contributed by atoms with van der Waals surface area (Å²) in [5.74, 6) is 0.816. The number of para-hydroxylation sites is 1. The number of ether oxygens (including phenoxy) is 1. The molecule has 0 saturated heterocycles. The second kappa shape index (κ2) is 6.93. The summed E-state index contributed by atoms with van der Waals surface area (Å²) < 4.78 is 5.72. The van der Waals surface area contributed by atoms with Crippen LogP contribution in [0.25, 0.3) is 11.1 Å². The lowest BCUT2D eigenvalue weighted by Crippen LogP contribution is -2.04. The van der Waals surface area contributed by atoms with E-state index >= 15 is 0 Å². The van der Waals surface area contributed by atoms with Crippen molar-refractivity contribution in [1.82, 2.24) is 0 Å². The van der Waals surface area contributed by atoms with E-state index in [-0.39, 0.29) is 5.78 Å². The molecular formula is C21H18O2. The van der Waals surface area contributed by atoms with E-state index in [0.717, 1.165) is 16.9 Å². The Morgan fingerprint density at radius 1 is 0.783 bits per heavy atom. The number of benzene rings is 3. The highest BCUT2D eigenvalue weighted by molar-refractivity contribution is 6.13. The molecule has 2 nitrogen and oxygen atoms in total. The van der Waals surface area contributed by atoms with E-state index in [1.165, 1.54) is 0 Å². The first kappa shape index (κ1) is 15.0.